The molecule has 0 spiro atoms. The third kappa shape index (κ3) is 6.00. The molecular formula is C28H34N8O3. The maximum Gasteiger partial charge on any atom is 0.407 e. The average Bonchev–Trinajstić information content (AvgIpc) is 3.43. The molecule has 2 aromatic heterocycles. The van der Waals surface area contributed by atoms with Crippen LogP contribution in [0.15, 0.2) is 36.8 Å². The minimum absolute atomic E-state index is 0.146. The highest BCUT2D eigenvalue weighted by Gasteiger charge is 2.28. The fourth-order valence-electron chi connectivity index (χ4n) is 4.73. The minimum atomic E-state index is -0.955. The van der Waals surface area contributed by atoms with Crippen molar-refractivity contribution in [3.05, 3.63) is 59.2 Å². The third-order valence-corrected chi connectivity index (χ3v) is 7.12. The van der Waals surface area contributed by atoms with Crippen molar-refractivity contribution in [1.29, 1.82) is 5.26 Å². The van der Waals surface area contributed by atoms with Gasteiger partial charge in [-0.25, -0.2) is 9.48 Å². The molecule has 1 unspecified atom stereocenters. The van der Waals surface area contributed by atoms with Crippen LogP contribution in [0.4, 0.5) is 10.5 Å². The molecule has 4 rings (SSSR count). The number of aryl methyl sites for hydroxylation is 1. The van der Waals surface area contributed by atoms with Gasteiger partial charge >= 0.3 is 6.09 Å². The van der Waals surface area contributed by atoms with E-state index in [4.69, 9.17) is 0 Å². The molecule has 3 heterocycles. The first-order valence-electron chi connectivity index (χ1n) is 12.9. The summed E-state index contributed by atoms with van der Waals surface area (Å²) in [5.74, 6) is -0.303. The van der Waals surface area contributed by atoms with Crippen LogP contribution in [0.2, 0.25) is 0 Å². The van der Waals surface area contributed by atoms with Gasteiger partial charge in [0.25, 0.3) is 5.91 Å². The summed E-state index contributed by atoms with van der Waals surface area (Å²) in [5.41, 5.74) is 4.76. The Kier molecular flexibility index (Phi) is 7.85. The first-order valence-corrected chi connectivity index (χ1v) is 12.9. The molecule has 2 amide bonds. The summed E-state index contributed by atoms with van der Waals surface area (Å²) in [4.78, 5) is 32.0. The number of hydrogen-bond donors (Lipinski definition) is 2. The SMILES string of the molecule is Cc1cc(-c2c(C#N)cncc2N2CCCC(N(C)C(=O)O)C2)ccc1CNC(=O)c1cn(C(C)(C)C)nn1. The van der Waals surface area contributed by atoms with E-state index in [1.165, 1.54) is 4.90 Å². The molecule has 11 heteroatoms. The zero-order chi connectivity index (χ0) is 28.3. The predicted molar refractivity (Wildman–Crippen MR) is 146 cm³/mol. The second-order valence-corrected chi connectivity index (χ2v) is 10.9. The maximum absolute atomic E-state index is 12.7. The molecule has 1 aliphatic rings. The van der Waals surface area contributed by atoms with Gasteiger partial charge in [0, 0.05) is 38.4 Å². The van der Waals surface area contributed by atoms with Gasteiger partial charge < -0.3 is 20.2 Å². The number of aromatic nitrogens is 4. The van der Waals surface area contributed by atoms with E-state index in [1.54, 1.807) is 30.3 Å². The molecule has 0 aliphatic carbocycles. The van der Waals surface area contributed by atoms with Crippen LogP contribution in [0, 0.1) is 18.3 Å². The van der Waals surface area contributed by atoms with Crippen molar-refractivity contribution >= 4 is 17.7 Å². The number of amides is 2. The number of likely N-dealkylation sites (N-methyl/N-ethyl adjacent to an activating group) is 1. The summed E-state index contributed by atoms with van der Waals surface area (Å²) < 4.78 is 1.66. The van der Waals surface area contributed by atoms with Crippen LogP contribution in [0.1, 0.15) is 60.8 Å². The monoisotopic (exact) mass is 530 g/mol. The van der Waals surface area contributed by atoms with Crippen molar-refractivity contribution < 1.29 is 14.7 Å². The highest BCUT2D eigenvalue weighted by atomic mass is 16.4. The van der Waals surface area contributed by atoms with Crippen molar-refractivity contribution in [1.82, 2.24) is 30.2 Å². The second-order valence-electron chi connectivity index (χ2n) is 10.9. The van der Waals surface area contributed by atoms with E-state index in [1.807, 2.05) is 45.9 Å². The van der Waals surface area contributed by atoms with Gasteiger partial charge in [-0.05, 0) is 57.2 Å². The standard InChI is InChI=1S/C28H34N8O3/c1-18-11-19(8-9-20(18)14-31-26(37)23-17-36(33-32-23)28(2,3)4)25-21(12-29)13-30-15-24(25)35-10-6-7-22(16-35)34(5)27(38)39/h8-9,11,13,15,17,22H,6-7,10,14,16H2,1-5H3,(H,31,37)(H,38,39). The van der Waals surface area contributed by atoms with E-state index in [0.29, 0.717) is 18.7 Å². The van der Waals surface area contributed by atoms with Gasteiger partial charge in [0.1, 0.15) is 6.07 Å². The molecule has 0 bridgehead atoms. The van der Waals surface area contributed by atoms with Crippen LogP contribution >= 0.6 is 0 Å². The second kappa shape index (κ2) is 11.1. The molecule has 1 aliphatic heterocycles. The first kappa shape index (κ1) is 27.6. The molecule has 2 N–H and O–H groups in total. The number of anilines is 1. The summed E-state index contributed by atoms with van der Waals surface area (Å²) in [5, 5.41) is 30.3. The van der Waals surface area contributed by atoms with Gasteiger partial charge in [-0.1, -0.05) is 23.4 Å². The van der Waals surface area contributed by atoms with Crippen LogP contribution in [-0.2, 0) is 12.1 Å². The van der Waals surface area contributed by atoms with Gasteiger partial charge in [0.05, 0.1) is 35.2 Å². The van der Waals surface area contributed by atoms with Gasteiger partial charge in [-0.3, -0.25) is 9.78 Å². The fraction of sp³-hybridized carbons (Fsp3) is 0.429. The van der Waals surface area contributed by atoms with Crippen LogP contribution in [0.3, 0.4) is 0 Å². The molecular weight excluding hydrogens is 496 g/mol. The number of carbonyl (C=O) groups is 2. The maximum atomic E-state index is 12.7. The minimum Gasteiger partial charge on any atom is -0.465 e. The largest absolute Gasteiger partial charge is 0.465 e. The van der Waals surface area contributed by atoms with E-state index >= 15 is 0 Å². The molecule has 1 fully saturated rings. The smallest absolute Gasteiger partial charge is 0.407 e. The van der Waals surface area contributed by atoms with E-state index in [9.17, 15) is 20.0 Å². The number of nitrogens with zero attached hydrogens (tertiary/aromatic N) is 7. The molecule has 1 aromatic carbocycles. The van der Waals surface area contributed by atoms with Crippen LogP contribution in [0.5, 0.6) is 0 Å². The lowest BCUT2D eigenvalue weighted by Gasteiger charge is -2.38. The topological polar surface area (TPSA) is 140 Å². The molecule has 11 nitrogen and oxygen atoms in total. The van der Waals surface area contributed by atoms with Crippen LogP contribution in [-0.4, -0.2) is 68.2 Å². The Balaban J connectivity index is 1.56. The Morgan fingerprint density at radius 1 is 1.28 bits per heavy atom. The number of piperidine rings is 1. The summed E-state index contributed by atoms with van der Waals surface area (Å²) >= 11 is 0. The number of benzene rings is 1. The van der Waals surface area contributed by atoms with Crippen molar-refractivity contribution in [2.75, 3.05) is 25.0 Å². The highest BCUT2D eigenvalue weighted by Crippen LogP contribution is 2.36. The van der Waals surface area contributed by atoms with E-state index in [2.05, 4.69) is 31.6 Å². The Hall–Kier alpha value is -4.46. The number of carbonyl (C=O) groups excluding carboxylic acids is 1. The number of pyridine rings is 1. The molecule has 0 radical (unpaired) electrons. The van der Waals surface area contributed by atoms with E-state index in [-0.39, 0.29) is 23.2 Å². The summed E-state index contributed by atoms with van der Waals surface area (Å²) in [6, 6.07) is 8.00. The van der Waals surface area contributed by atoms with E-state index in [0.717, 1.165) is 47.3 Å². The lowest BCUT2D eigenvalue weighted by molar-refractivity contribution is 0.0945. The number of nitriles is 1. The number of nitrogens with one attached hydrogen (secondary N) is 1. The summed E-state index contributed by atoms with van der Waals surface area (Å²) in [7, 11) is 1.59. The zero-order valence-electron chi connectivity index (χ0n) is 23.0. The predicted octanol–water partition coefficient (Wildman–Crippen LogP) is 3.78. The number of carboxylic acid groups (broad SMARTS) is 1. The first-order chi connectivity index (χ1) is 18.5. The lowest BCUT2D eigenvalue weighted by atomic mass is 9.94. The number of hydrogen-bond acceptors (Lipinski definition) is 7. The van der Waals surface area contributed by atoms with Crippen molar-refractivity contribution in [2.45, 2.75) is 58.7 Å². The van der Waals surface area contributed by atoms with Crippen LogP contribution in [0.25, 0.3) is 11.1 Å². The number of rotatable bonds is 6. The quantitative estimate of drug-likeness (QED) is 0.491. The summed E-state index contributed by atoms with van der Waals surface area (Å²) in [6.45, 7) is 9.50. The van der Waals surface area contributed by atoms with Gasteiger partial charge in [0.15, 0.2) is 5.69 Å². The van der Waals surface area contributed by atoms with E-state index < -0.39 is 6.09 Å². The van der Waals surface area contributed by atoms with Gasteiger partial charge in [-0.2, -0.15) is 5.26 Å². The molecule has 0 saturated carbocycles. The Bertz CT molecular complexity index is 1420. The van der Waals surface area contributed by atoms with Crippen molar-refractivity contribution in [2.24, 2.45) is 0 Å². The Morgan fingerprint density at radius 3 is 2.69 bits per heavy atom. The molecule has 39 heavy (non-hydrogen) atoms. The lowest BCUT2D eigenvalue weighted by Crippen LogP contribution is -2.48. The molecule has 1 saturated heterocycles. The molecule has 204 valence electrons. The molecule has 3 aromatic rings. The van der Waals surface area contributed by atoms with Crippen molar-refractivity contribution in [3.63, 3.8) is 0 Å². The van der Waals surface area contributed by atoms with Crippen LogP contribution < -0.4 is 10.2 Å². The highest BCUT2D eigenvalue weighted by molar-refractivity contribution is 5.91. The average molecular weight is 531 g/mol. The zero-order valence-corrected chi connectivity index (χ0v) is 23.0. The van der Waals surface area contributed by atoms with Gasteiger partial charge in [0.2, 0.25) is 0 Å². The normalized spacial score (nSPS) is 15.5. The van der Waals surface area contributed by atoms with Gasteiger partial charge in [-0.15, -0.1) is 5.10 Å². The van der Waals surface area contributed by atoms with Crippen molar-refractivity contribution in [3.8, 4) is 17.2 Å². The Labute approximate surface area is 228 Å². The molecule has 1 atom stereocenters. The third-order valence-electron chi connectivity index (χ3n) is 7.12. The fourth-order valence-corrected chi connectivity index (χ4v) is 4.73. The summed E-state index contributed by atoms with van der Waals surface area (Å²) in [6.07, 6.45) is 5.60. The Morgan fingerprint density at radius 2 is 2.05 bits per heavy atom.